The number of likely N-dealkylation sites (N-methyl/N-ethyl adjacent to an activating group) is 1. The van der Waals surface area contributed by atoms with Crippen molar-refractivity contribution in [2.24, 2.45) is 0 Å². The Kier molecular flexibility index (Phi) is 4.05. The molecule has 2 aliphatic heterocycles. The van der Waals surface area contributed by atoms with Gasteiger partial charge < -0.3 is 14.4 Å². The van der Waals surface area contributed by atoms with Gasteiger partial charge in [-0.15, -0.1) is 0 Å². The van der Waals surface area contributed by atoms with Crippen LogP contribution in [-0.4, -0.2) is 54.7 Å². The van der Waals surface area contributed by atoms with Gasteiger partial charge >= 0.3 is 0 Å². The van der Waals surface area contributed by atoms with E-state index in [2.05, 4.69) is 4.98 Å². The van der Waals surface area contributed by atoms with Crippen molar-refractivity contribution in [3.8, 4) is 11.5 Å². The highest BCUT2D eigenvalue weighted by Crippen LogP contribution is 2.36. The summed E-state index contributed by atoms with van der Waals surface area (Å²) in [5.74, 6) is 1.86. The van der Waals surface area contributed by atoms with Gasteiger partial charge in [-0.2, -0.15) is 0 Å². The molecule has 3 heterocycles. The molecule has 1 aromatic carbocycles. The van der Waals surface area contributed by atoms with E-state index in [0.717, 1.165) is 17.0 Å². The largest absolute Gasteiger partial charge is 0.454 e. The summed E-state index contributed by atoms with van der Waals surface area (Å²) in [6.45, 7) is 1.66. The molecule has 4 rings (SSSR count). The first-order valence-electron chi connectivity index (χ1n) is 8.39. The Balaban J connectivity index is 1.49. The predicted octanol–water partition coefficient (Wildman–Crippen LogP) is 2.04. The highest BCUT2D eigenvalue weighted by atomic mass is 16.7. The molecular weight excluding hydrogens is 318 g/mol. The van der Waals surface area contributed by atoms with Crippen LogP contribution in [0.5, 0.6) is 11.5 Å². The van der Waals surface area contributed by atoms with Gasteiger partial charge in [-0.3, -0.25) is 14.7 Å². The lowest BCUT2D eigenvalue weighted by Crippen LogP contribution is -2.52. The number of amides is 1. The van der Waals surface area contributed by atoms with Gasteiger partial charge in [0, 0.05) is 30.9 Å². The summed E-state index contributed by atoms with van der Waals surface area (Å²) in [6, 6.07) is 11.3. The predicted molar refractivity (Wildman–Crippen MR) is 92.6 cm³/mol. The Morgan fingerprint density at radius 1 is 1.20 bits per heavy atom. The lowest BCUT2D eigenvalue weighted by Gasteiger charge is -2.42. The third-order valence-electron chi connectivity index (χ3n) is 4.76. The summed E-state index contributed by atoms with van der Waals surface area (Å²) in [5.41, 5.74) is 1.97. The lowest BCUT2D eigenvalue weighted by atomic mass is 9.93. The van der Waals surface area contributed by atoms with Crippen LogP contribution in [0.15, 0.2) is 42.6 Å². The van der Waals surface area contributed by atoms with Crippen LogP contribution >= 0.6 is 0 Å². The molecule has 0 radical (unpaired) electrons. The highest BCUT2D eigenvalue weighted by Gasteiger charge is 2.37. The number of hydrogen-bond donors (Lipinski definition) is 0. The standard InChI is InChI=1S/C19H21N3O3/c1-21(2)18(13-6-7-16-17(9-13)25-12-24-16)19(23)22-10-14(11-22)15-5-3-4-8-20-15/h3-9,14,18H,10-12H2,1-2H3/t18-/m0/s1. The number of pyridine rings is 1. The number of carbonyl (C=O) groups excluding carboxylic acids is 1. The smallest absolute Gasteiger partial charge is 0.244 e. The minimum absolute atomic E-state index is 0.107. The number of ether oxygens (including phenoxy) is 2. The normalized spacial score (nSPS) is 17.5. The fourth-order valence-electron chi connectivity index (χ4n) is 3.38. The van der Waals surface area contributed by atoms with Crippen LogP contribution in [0.25, 0.3) is 0 Å². The van der Waals surface area contributed by atoms with E-state index in [0.29, 0.717) is 24.8 Å². The number of rotatable bonds is 4. The summed E-state index contributed by atoms with van der Waals surface area (Å²) in [6.07, 6.45) is 1.80. The average Bonchev–Trinajstić information content (AvgIpc) is 3.02. The number of aromatic nitrogens is 1. The second kappa shape index (κ2) is 6.37. The Bertz CT molecular complexity index is 773. The van der Waals surface area contributed by atoms with Crippen LogP contribution < -0.4 is 9.47 Å². The fraction of sp³-hybridized carbons (Fsp3) is 0.368. The van der Waals surface area contributed by atoms with Crippen molar-refractivity contribution in [3.63, 3.8) is 0 Å². The molecular formula is C19H21N3O3. The summed E-state index contributed by atoms with van der Waals surface area (Å²) in [7, 11) is 3.84. The first-order valence-corrected chi connectivity index (χ1v) is 8.39. The Labute approximate surface area is 147 Å². The number of carbonyl (C=O) groups is 1. The van der Waals surface area contributed by atoms with Crippen molar-refractivity contribution in [2.75, 3.05) is 34.0 Å². The summed E-state index contributed by atoms with van der Waals surface area (Å²) in [5, 5.41) is 0. The molecule has 1 fully saturated rings. The van der Waals surface area contributed by atoms with E-state index in [1.807, 2.05) is 60.3 Å². The Morgan fingerprint density at radius 2 is 2.00 bits per heavy atom. The number of nitrogens with zero attached hydrogens (tertiary/aromatic N) is 3. The Morgan fingerprint density at radius 3 is 2.72 bits per heavy atom. The van der Waals surface area contributed by atoms with Crippen molar-refractivity contribution in [1.29, 1.82) is 0 Å². The van der Waals surface area contributed by atoms with Gasteiger partial charge in [-0.25, -0.2) is 0 Å². The van der Waals surface area contributed by atoms with E-state index in [1.54, 1.807) is 6.20 Å². The third-order valence-corrected chi connectivity index (χ3v) is 4.76. The summed E-state index contributed by atoms with van der Waals surface area (Å²) >= 11 is 0. The van der Waals surface area contributed by atoms with Crippen molar-refractivity contribution >= 4 is 5.91 Å². The van der Waals surface area contributed by atoms with E-state index >= 15 is 0 Å². The zero-order valence-electron chi connectivity index (χ0n) is 14.4. The van der Waals surface area contributed by atoms with Crippen LogP contribution in [0.2, 0.25) is 0 Å². The van der Waals surface area contributed by atoms with Crippen molar-refractivity contribution in [1.82, 2.24) is 14.8 Å². The van der Waals surface area contributed by atoms with Crippen LogP contribution in [0.1, 0.15) is 23.2 Å². The molecule has 0 bridgehead atoms. The van der Waals surface area contributed by atoms with Gasteiger partial charge in [-0.1, -0.05) is 12.1 Å². The number of fused-ring (bicyclic) bond motifs is 1. The number of likely N-dealkylation sites (tertiary alicyclic amines) is 1. The van der Waals surface area contributed by atoms with Crippen molar-refractivity contribution in [3.05, 3.63) is 53.9 Å². The zero-order valence-corrected chi connectivity index (χ0v) is 14.4. The molecule has 0 saturated carbocycles. The molecule has 0 N–H and O–H groups in total. The van der Waals surface area contributed by atoms with Crippen LogP contribution in [0.4, 0.5) is 0 Å². The zero-order chi connectivity index (χ0) is 17.4. The maximum atomic E-state index is 13.0. The maximum Gasteiger partial charge on any atom is 0.244 e. The van der Waals surface area contributed by atoms with Gasteiger partial charge in [0.15, 0.2) is 11.5 Å². The molecule has 25 heavy (non-hydrogen) atoms. The SMILES string of the molecule is CN(C)[C@H](C(=O)N1CC(c2ccccn2)C1)c1ccc2c(c1)OCO2. The van der Waals surface area contributed by atoms with E-state index in [4.69, 9.17) is 9.47 Å². The second-order valence-corrected chi connectivity index (χ2v) is 6.67. The highest BCUT2D eigenvalue weighted by molar-refractivity contribution is 5.84. The minimum atomic E-state index is -0.334. The molecule has 6 heteroatoms. The van der Waals surface area contributed by atoms with Crippen LogP contribution in [0, 0.1) is 0 Å². The summed E-state index contributed by atoms with van der Waals surface area (Å²) in [4.78, 5) is 21.3. The monoisotopic (exact) mass is 339 g/mol. The molecule has 0 spiro atoms. The van der Waals surface area contributed by atoms with E-state index in [-0.39, 0.29) is 18.7 Å². The Hall–Kier alpha value is -2.60. The van der Waals surface area contributed by atoms with Crippen molar-refractivity contribution in [2.45, 2.75) is 12.0 Å². The molecule has 1 amide bonds. The van der Waals surface area contributed by atoms with E-state index in [1.165, 1.54) is 0 Å². The molecule has 1 saturated heterocycles. The van der Waals surface area contributed by atoms with Gasteiger partial charge in [0.05, 0.1) is 0 Å². The maximum absolute atomic E-state index is 13.0. The van der Waals surface area contributed by atoms with Gasteiger partial charge in [-0.05, 0) is 43.9 Å². The topological polar surface area (TPSA) is 54.9 Å². The quantitative estimate of drug-likeness (QED) is 0.853. The number of hydrogen-bond acceptors (Lipinski definition) is 5. The van der Waals surface area contributed by atoms with E-state index < -0.39 is 0 Å². The van der Waals surface area contributed by atoms with Gasteiger partial charge in [0.2, 0.25) is 12.7 Å². The first kappa shape index (κ1) is 15.9. The molecule has 130 valence electrons. The lowest BCUT2D eigenvalue weighted by molar-refractivity contribution is -0.141. The summed E-state index contributed by atoms with van der Waals surface area (Å²) < 4.78 is 10.8. The first-order chi connectivity index (χ1) is 12.1. The molecule has 1 aromatic heterocycles. The number of benzene rings is 1. The van der Waals surface area contributed by atoms with Crippen molar-refractivity contribution < 1.29 is 14.3 Å². The van der Waals surface area contributed by atoms with E-state index in [9.17, 15) is 4.79 Å². The molecule has 2 aliphatic rings. The van der Waals surface area contributed by atoms with Crippen LogP contribution in [-0.2, 0) is 4.79 Å². The fourth-order valence-corrected chi connectivity index (χ4v) is 3.38. The second-order valence-electron chi connectivity index (χ2n) is 6.67. The molecule has 0 aliphatic carbocycles. The molecule has 2 aromatic rings. The van der Waals surface area contributed by atoms with Gasteiger partial charge in [0.1, 0.15) is 6.04 Å². The minimum Gasteiger partial charge on any atom is -0.454 e. The van der Waals surface area contributed by atoms with Crippen LogP contribution in [0.3, 0.4) is 0 Å². The molecule has 1 atom stereocenters. The molecule has 0 unspecified atom stereocenters. The average molecular weight is 339 g/mol. The molecule has 6 nitrogen and oxygen atoms in total. The van der Waals surface area contributed by atoms with Gasteiger partial charge in [0.25, 0.3) is 0 Å². The third kappa shape index (κ3) is 2.93.